The first-order chi connectivity index (χ1) is 19.7. The highest BCUT2D eigenvalue weighted by Crippen LogP contribution is 2.39. The zero-order valence-electron chi connectivity index (χ0n) is 26.2. The SMILES string of the molecule is CCC[C@H](c1cc2ccc(CN3CCC(c4cccc(O)c4)(N(C)C)CC3)cc2nc1CC)N1C[C@@H](C)N[C@@H](C)C1. The number of nitrogens with zero attached hydrogens (tertiary/aromatic N) is 4. The quantitative estimate of drug-likeness (QED) is 0.333. The number of aromatic hydroxyl groups is 1. The van der Waals surface area contributed by atoms with E-state index in [0.717, 1.165) is 57.5 Å². The molecule has 0 amide bonds. The van der Waals surface area contributed by atoms with Crippen LogP contribution in [0.1, 0.15) is 81.8 Å². The summed E-state index contributed by atoms with van der Waals surface area (Å²) < 4.78 is 0. The molecule has 2 fully saturated rings. The van der Waals surface area contributed by atoms with E-state index in [1.54, 1.807) is 6.07 Å². The molecule has 2 aliphatic heterocycles. The van der Waals surface area contributed by atoms with Gasteiger partial charge in [0.1, 0.15) is 5.75 Å². The summed E-state index contributed by atoms with van der Waals surface area (Å²) in [5.74, 6) is 0.350. The van der Waals surface area contributed by atoms with Gasteiger partial charge in [-0.05, 0) is 94.6 Å². The van der Waals surface area contributed by atoms with Crippen LogP contribution < -0.4 is 5.32 Å². The molecule has 222 valence electrons. The number of benzene rings is 2. The van der Waals surface area contributed by atoms with Gasteiger partial charge in [-0.3, -0.25) is 19.7 Å². The lowest BCUT2D eigenvalue weighted by Gasteiger charge is -2.46. The smallest absolute Gasteiger partial charge is 0.115 e. The molecule has 3 aromatic rings. The molecule has 3 heterocycles. The zero-order chi connectivity index (χ0) is 29.1. The number of hydrogen-bond acceptors (Lipinski definition) is 6. The number of hydrogen-bond donors (Lipinski definition) is 2. The van der Waals surface area contributed by atoms with Crippen LogP contribution in [0, 0.1) is 0 Å². The summed E-state index contributed by atoms with van der Waals surface area (Å²) in [4.78, 5) is 12.9. The van der Waals surface area contributed by atoms with Gasteiger partial charge in [-0.25, -0.2) is 0 Å². The summed E-state index contributed by atoms with van der Waals surface area (Å²) in [6.45, 7) is 14.4. The molecule has 2 saturated heterocycles. The molecule has 6 heteroatoms. The maximum Gasteiger partial charge on any atom is 0.115 e. The number of fused-ring (bicyclic) bond motifs is 1. The molecule has 6 nitrogen and oxygen atoms in total. The van der Waals surface area contributed by atoms with Crippen molar-refractivity contribution >= 4 is 10.9 Å². The summed E-state index contributed by atoms with van der Waals surface area (Å²) in [5.41, 5.74) is 6.32. The largest absolute Gasteiger partial charge is 0.508 e. The van der Waals surface area contributed by atoms with Gasteiger partial charge in [0.2, 0.25) is 0 Å². The standard InChI is InChI=1S/C35H51N5O/c1-7-10-34(40-22-25(3)36-26(4)23-40)31-20-28-14-13-27(19-33(28)37-32(31)8-2)24-39-17-15-35(16-18-39,38(5)6)29-11-9-12-30(41)21-29/h9,11-14,19-21,25-26,34,36,41H,7-8,10,15-18,22-24H2,1-6H3/t25-,26+,34-/m1/s1. The van der Waals surface area contributed by atoms with Crippen molar-refractivity contribution in [3.05, 3.63) is 70.9 Å². The van der Waals surface area contributed by atoms with Gasteiger partial charge in [0.05, 0.1) is 5.52 Å². The van der Waals surface area contributed by atoms with Crippen molar-refractivity contribution in [3.8, 4) is 5.75 Å². The van der Waals surface area contributed by atoms with Crippen molar-refractivity contribution in [2.24, 2.45) is 0 Å². The Kier molecular flexibility index (Phi) is 9.34. The van der Waals surface area contributed by atoms with Gasteiger partial charge in [0, 0.05) is 67.5 Å². The fourth-order valence-electron chi connectivity index (χ4n) is 7.50. The third-order valence-corrected chi connectivity index (χ3v) is 9.61. The van der Waals surface area contributed by atoms with E-state index in [1.165, 1.54) is 40.6 Å². The van der Waals surface area contributed by atoms with Crippen LogP contribution in [0.15, 0.2) is 48.5 Å². The van der Waals surface area contributed by atoms with Crippen molar-refractivity contribution in [1.82, 2.24) is 25.0 Å². The Morgan fingerprint density at radius 2 is 1.76 bits per heavy atom. The van der Waals surface area contributed by atoms with Crippen molar-refractivity contribution in [2.45, 2.75) is 90.0 Å². The Labute approximate surface area is 247 Å². The number of pyridine rings is 1. The summed E-state index contributed by atoms with van der Waals surface area (Å²) >= 11 is 0. The lowest BCUT2D eigenvalue weighted by Crippen LogP contribution is -2.55. The van der Waals surface area contributed by atoms with Crippen LogP contribution in [0.2, 0.25) is 0 Å². The van der Waals surface area contributed by atoms with Gasteiger partial charge in [-0.1, -0.05) is 44.5 Å². The van der Waals surface area contributed by atoms with E-state index in [0.29, 0.717) is 23.9 Å². The summed E-state index contributed by atoms with van der Waals surface area (Å²) in [6.07, 6.45) is 5.39. The lowest BCUT2D eigenvalue weighted by molar-refractivity contribution is 0.0506. The number of piperazine rings is 1. The summed E-state index contributed by atoms with van der Waals surface area (Å²) in [6, 6.07) is 18.7. The molecule has 0 radical (unpaired) electrons. The number of rotatable bonds is 9. The maximum atomic E-state index is 10.1. The van der Waals surface area contributed by atoms with Crippen LogP contribution >= 0.6 is 0 Å². The van der Waals surface area contributed by atoms with E-state index in [9.17, 15) is 5.11 Å². The van der Waals surface area contributed by atoms with Crippen LogP contribution in [-0.4, -0.2) is 77.1 Å². The third-order valence-electron chi connectivity index (χ3n) is 9.61. The highest BCUT2D eigenvalue weighted by molar-refractivity contribution is 5.80. The molecular weight excluding hydrogens is 506 g/mol. The minimum atomic E-state index is -0.0400. The number of phenolic OH excluding ortho intramolecular Hbond substituents is 1. The van der Waals surface area contributed by atoms with E-state index in [1.807, 2.05) is 12.1 Å². The monoisotopic (exact) mass is 557 g/mol. The Balaban J connectivity index is 1.34. The molecule has 41 heavy (non-hydrogen) atoms. The fourth-order valence-corrected chi connectivity index (χ4v) is 7.50. The van der Waals surface area contributed by atoms with E-state index in [2.05, 4.69) is 92.1 Å². The molecule has 1 aromatic heterocycles. The number of piperidine rings is 1. The van der Waals surface area contributed by atoms with Gasteiger partial charge in [0.15, 0.2) is 0 Å². The third kappa shape index (κ3) is 6.46. The van der Waals surface area contributed by atoms with Crippen molar-refractivity contribution in [3.63, 3.8) is 0 Å². The second-order valence-electron chi connectivity index (χ2n) is 12.9. The van der Waals surface area contributed by atoms with Crippen LogP contribution in [0.25, 0.3) is 10.9 Å². The first-order valence-electron chi connectivity index (χ1n) is 15.8. The number of nitrogens with one attached hydrogen (secondary N) is 1. The normalized spacial score (nSPS) is 22.8. The second kappa shape index (κ2) is 12.8. The zero-order valence-corrected chi connectivity index (χ0v) is 26.2. The topological polar surface area (TPSA) is 54.9 Å². The Morgan fingerprint density at radius 3 is 2.39 bits per heavy atom. The Bertz CT molecular complexity index is 1310. The van der Waals surface area contributed by atoms with Crippen molar-refractivity contribution in [2.75, 3.05) is 40.3 Å². The molecule has 2 aliphatic rings. The summed E-state index contributed by atoms with van der Waals surface area (Å²) in [5, 5.41) is 15.1. The van der Waals surface area contributed by atoms with Crippen LogP contribution in [0.4, 0.5) is 0 Å². The molecule has 3 atom stereocenters. The highest BCUT2D eigenvalue weighted by Gasteiger charge is 2.38. The number of phenols is 1. The highest BCUT2D eigenvalue weighted by atomic mass is 16.3. The molecule has 0 spiro atoms. The molecule has 0 bridgehead atoms. The first-order valence-corrected chi connectivity index (χ1v) is 15.8. The van der Waals surface area contributed by atoms with Gasteiger partial charge in [-0.2, -0.15) is 0 Å². The van der Waals surface area contributed by atoms with Crippen LogP contribution in [0.5, 0.6) is 5.75 Å². The van der Waals surface area contributed by atoms with Gasteiger partial charge >= 0.3 is 0 Å². The second-order valence-corrected chi connectivity index (χ2v) is 12.9. The maximum absolute atomic E-state index is 10.1. The average Bonchev–Trinajstić information content (AvgIpc) is 2.95. The van der Waals surface area contributed by atoms with Gasteiger partial charge < -0.3 is 10.4 Å². The van der Waals surface area contributed by atoms with E-state index in [-0.39, 0.29) is 5.54 Å². The number of likely N-dealkylation sites (tertiary alicyclic amines) is 1. The predicted octanol–water partition coefficient (Wildman–Crippen LogP) is 6.08. The minimum Gasteiger partial charge on any atom is -0.508 e. The first kappa shape index (κ1) is 30.0. The van der Waals surface area contributed by atoms with Crippen molar-refractivity contribution in [1.29, 1.82) is 0 Å². The molecule has 0 aliphatic carbocycles. The Morgan fingerprint density at radius 1 is 1.02 bits per heavy atom. The molecule has 2 N–H and O–H groups in total. The van der Waals surface area contributed by atoms with Gasteiger partial charge in [-0.15, -0.1) is 0 Å². The molecule has 0 unspecified atom stereocenters. The van der Waals surface area contributed by atoms with E-state index >= 15 is 0 Å². The fraction of sp³-hybridized carbons (Fsp3) is 0.571. The molecule has 0 saturated carbocycles. The van der Waals surface area contributed by atoms with E-state index in [4.69, 9.17) is 4.98 Å². The van der Waals surface area contributed by atoms with Crippen LogP contribution in [0.3, 0.4) is 0 Å². The van der Waals surface area contributed by atoms with E-state index < -0.39 is 0 Å². The predicted molar refractivity (Wildman–Crippen MR) is 170 cm³/mol. The number of aryl methyl sites for hydroxylation is 1. The van der Waals surface area contributed by atoms with Crippen LogP contribution in [-0.2, 0) is 18.5 Å². The molecule has 2 aromatic carbocycles. The molecular formula is C35H51N5O. The number of aromatic nitrogens is 1. The lowest BCUT2D eigenvalue weighted by atomic mass is 9.79. The molecule has 5 rings (SSSR count). The van der Waals surface area contributed by atoms with Crippen molar-refractivity contribution < 1.29 is 5.11 Å². The Hall–Kier alpha value is -2.51. The van der Waals surface area contributed by atoms with Gasteiger partial charge in [0.25, 0.3) is 0 Å². The minimum absolute atomic E-state index is 0.0400. The summed E-state index contributed by atoms with van der Waals surface area (Å²) in [7, 11) is 4.34. The average molecular weight is 558 g/mol.